The Morgan fingerprint density at radius 1 is 1.11 bits per heavy atom. The van der Waals surface area contributed by atoms with Crippen LogP contribution in [0.1, 0.15) is 16.7 Å². The first-order valence-electron chi connectivity index (χ1n) is 10.2. The molecule has 1 saturated heterocycles. The second-order valence-corrected chi connectivity index (χ2v) is 10.1. The molecule has 0 atom stereocenters. The number of halogens is 4. The number of hydrogen-bond donors (Lipinski definition) is 0. The van der Waals surface area contributed by atoms with E-state index in [9.17, 15) is 14.0 Å². The minimum absolute atomic E-state index is 0.0396. The van der Waals surface area contributed by atoms with Crippen LogP contribution in [0.5, 0.6) is 11.5 Å². The summed E-state index contributed by atoms with van der Waals surface area (Å²) in [5, 5.41) is 0.451. The van der Waals surface area contributed by atoms with Gasteiger partial charge in [0.2, 0.25) is 0 Å². The third-order valence-electron chi connectivity index (χ3n) is 5.04. The highest BCUT2D eigenvalue weighted by Gasteiger charge is 2.35. The summed E-state index contributed by atoms with van der Waals surface area (Å²) in [4.78, 5) is 26.9. The van der Waals surface area contributed by atoms with E-state index < -0.39 is 11.1 Å². The summed E-state index contributed by atoms with van der Waals surface area (Å²) in [6.07, 6.45) is 1.61. The van der Waals surface area contributed by atoms with Gasteiger partial charge in [-0.1, -0.05) is 41.4 Å². The lowest BCUT2D eigenvalue weighted by molar-refractivity contribution is -0.123. The van der Waals surface area contributed by atoms with Crippen LogP contribution in [0, 0.1) is 5.82 Å². The first kappa shape index (κ1) is 25.6. The molecule has 0 spiro atoms. The Balaban J connectivity index is 1.54. The van der Waals surface area contributed by atoms with Crippen molar-refractivity contribution in [3.8, 4) is 11.5 Å². The van der Waals surface area contributed by atoms with Crippen molar-refractivity contribution < 1.29 is 23.5 Å². The van der Waals surface area contributed by atoms with E-state index in [-0.39, 0.29) is 23.9 Å². The summed E-state index contributed by atoms with van der Waals surface area (Å²) < 4.78 is 25.3. The maximum atomic E-state index is 13.4. The van der Waals surface area contributed by atoms with Crippen LogP contribution in [-0.2, 0) is 17.9 Å². The highest BCUT2D eigenvalue weighted by molar-refractivity contribution is 9.10. The first-order valence-corrected chi connectivity index (χ1v) is 12.6. The monoisotopic (exact) mass is 595 g/mol. The smallest absolute Gasteiger partial charge is 0.293 e. The van der Waals surface area contributed by atoms with Crippen molar-refractivity contribution in [3.63, 3.8) is 0 Å². The standard InChI is InChI=1S/C25H17BrCl2FNO4S/c1-33-21-9-15(8-19(26)23(21)34-13-14-3-2-4-18(29)7-14)10-22-24(31)30(25(32)35-22)12-16-5-6-17(27)11-20(16)28/h2-11H,12-13H2,1H3/b22-10-. The average molecular weight is 597 g/mol. The minimum Gasteiger partial charge on any atom is -0.493 e. The second kappa shape index (κ2) is 11.0. The number of carbonyl (C=O) groups excluding carboxylic acids is 2. The fourth-order valence-corrected chi connectivity index (χ4v) is 5.23. The molecule has 180 valence electrons. The number of carbonyl (C=O) groups is 2. The highest BCUT2D eigenvalue weighted by atomic mass is 79.9. The van der Waals surface area contributed by atoms with E-state index in [2.05, 4.69) is 15.9 Å². The van der Waals surface area contributed by atoms with Gasteiger partial charge in [0.15, 0.2) is 11.5 Å². The molecule has 0 aromatic heterocycles. The summed E-state index contributed by atoms with van der Waals surface area (Å²) in [7, 11) is 1.49. The zero-order valence-electron chi connectivity index (χ0n) is 18.2. The molecule has 0 saturated carbocycles. The average Bonchev–Trinajstić information content (AvgIpc) is 3.07. The Morgan fingerprint density at radius 3 is 2.63 bits per heavy atom. The molecular weight excluding hydrogens is 580 g/mol. The SMILES string of the molecule is COc1cc(/C=C2\SC(=O)N(Cc3ccc(Cl)cc3Cl)C2=O)cc(Br)c1OCc1cccc(F)c1. The lowest BCUT2D eigenvalue weighted by Crippen LogP contribution is -2.27. The highest BCUT2D eigenvalue weighted by Crippen LogP contribution is 2.40. The van der Waals surface area contributed by atoms with E-state index in [0.29, 0.717) is 42.7 Å². The quantitative estimate of drug-likeness (QED) is 0.261. The van der Waals surface area contributed by atoms with Crippen LogP contribution in [0.4, 0.5) is 9.18 Å². The predicted molar refractivity (Wildman–Crippen MR) is 139 cm³/mol. The third kappa shape index (κ3) is 6.01. The van der Waals surface area contributed by atoms with Crippen molar-refractivity contribution in [2.75, 3.05) is 7.11 Å². The van der Waals surface area contributed by atoms with Gasteiger partial charge in [-0.2, -0.15) is 0 Å². The summed E-state index contributed by atoms with van der Waals surface area (Å²) in [5.41, 5.74) is 1.91. The number of hydrogen-bond acceptors (Lipinski definition) is 5. The molecular formula is C25H17BrCl2FNO4S. The molecule has 3 aromatic rings. The number of benzene rings is 3. The molecule has 0 unspecified atom stereocenters. The maximum absolute atomic E-state index is 13.4. The molecule has 3 aromatic carbocycles. The summed E-state index contributed by atoms with van der Waals surface area (Å²) >= 11 is 16.4. The van der Waals surface area contributed by atoms with E-state index in [0.717, 1.165) is 16.7 Å². The second-order valence-electron chi connectivity index (χ2n) is 7.46. The maximum Gasteiger partial charge on any atom is 0.293 e. The van der Waals surface area contributed by atoms with E-state index >= 15 is 0 Å². The van der Waals surface area contributed by atoms with Crippen LogP contribution < -0.4 is 9.47 Å². The summed E-state index contributed by atoms with van der Waals surface area (Å²) in [6, 6.07) is 14.4. The molecule has 10 heteroatoms. The van der Waals surface area contributed by atoms with Gasteiger partial charge in [-0.3, -0.25) is 14.5 Å². The molecule has 1 aliphatic rings. The normalized spacial score (nSPS) is 14.7. The molecule has 1 heterocycles. The molecule has 1 fully saturated rings. The lowest BCUT2D eigenvalue weighted by atomic mass is 10.1. The zero-order chi connectivity index (χ0) is 25.1. The van der Waals surface area contributed by atoms with Crippen molar-refractivity contribution in [3.05, 3.63) is 96.5 Å². The molecule has 35 heavy (non-hydrogen) atoms. The zero-order valence-corrected chi connectivity index (χ0v) is 22.1. The summed E-state index contributed by atoms with van der Waals surface area (Å²) in [5.74, 6) is 0.0703. The molecule has 1 aliphatic heterocycles. The van der Waals surface area contributed by atoms with Crippen molar-refractivity contribution in [2.24, 2.45) is 0 Å². The van der Waals surface area contributed by atoms with Gasteiger partial charge in [0.25, 0.3) is 11.1 Å². The molecule has 0 N–H and O–H groups in total. The van der Waals surface area contributed by atoms with Gasteiger partial charge < -0.3 is 9.47 Å². The first-order chi connectivity index (χ1) is 16.7. The molecule has 0 aliphatic carbocycles. The number of nitrogens with zero attached hydrogens (tertiary/aromatic N) is 1. The topological polar surface area (TPSA) is 55.8 Å². The molecule has 4 rings (SSSR count). The largest absolute Gasteiger partial charge is 0.493 e. The fourth-order valence-electron chi connectivity index (χ4n) is 3.35. The number of amides is 2. The Morgan fingerprint density at radius 2 is 1.91 bits per heavy atom. The van der Waals surface area contributed by atoms with Crippen molar-refractivity contribution >= 4 is 68.1 Å². The number of imide groups is 1. The van der Waals surface area contributed by atoms with Gasteiger partial charge in [-0.25, -0.2) is 4.39 Å². The van der Waals surface area contributed by atoms with E-state index in [1.807, 2.05) is 0 Å². The number of thioether (sulfide) groups is 1. The van der Waals surface area contributed by atoms with Gasteiger partial charge in [-0.05, 0) is 86.9 Å². The van der Waals surface area contributed by atoms with E-state index in [1.165, 1.54) is 19.2 Å². The lowest BCUT2D eigenvalue weighted by Gasteiger charge is -2.14. The minimum atomic E-state index is -0.424. The van der Waals surface area contributed by atoms with Crippen molar-refractivity contribution in [2.45, 2.75) is 13.2 Å². The van der Waals surface area contributed by atoms with Crippen LogP contribution >= 0.6 is 50.9 Å². The molecule has 5 nitrogen and oxygen atoms in total. The van der Waals surface area contributed by atoms with Gasteiger partial charge >= 0.3 is 0 Å². The van der Waals surface area contributed by atoms with Gasteiger partial charge in [0.1, 0.15) is 12.4 Å². The van der Waals surface area contributed by atoms with Gasteiger partial charge in [0, 0.05) is 10.0 Å². The van der Waals surface area contributed by atoms with Crippen LogP contribution in [0.15, 0.2) is 64.0 Å². The van der Waals surface area contributed by atoms with Crippen LogP contribution in [-0.4, -0.2) is 23.2 Å². The number of ether oxygens (including phenoxy) is 2. The van der Waals surface area contributed by atoms with Crippen LogP contribution in [0.2, 0.25) is 10.0 Å². The van der Waals surface area contributed by atoms with E-state index in [4.69, 9.17) is 32.7 Å². The Labute approximate surface area is 223 Å². The Bertz CT molecular complexity index is 1350. The number of rotatable bonds is 7. The predicted octanol–water partition coefficient (Wildman–Crippen LogP) is 7.72. The number of methoxy groups -OCH3 is 1. The third-order valence-corrected chi connectivity index (χ3v) is 7.12. The summed E-state index contributed by atoms with van der Waals surface area (Å²) in [6.45, 7) is 0.177. The molecule has 0 bridgehead atoms. The molecule has 0 radical (unpaired) electrons. The van der Waals surface area contributed by atoms with Crippen LogP contribution in [0.3, 0.4) is 0 Å². The van der Waals surface area contributed by atoms with Gasteiger partial charge in [0.05, 0.1) is 23.0 Å². The Hall–Kier alpha value is -2.52. The van der Waals surface area contributed by atoms with E-state index in [1.54, 1.807) is 48.5 Å². The molecule has 2 amide bonds. The fraction of sp³-hybridized carbons (Fsp3) is 0.120. The van der Waals surface area contributed by atoms with Crippen LogP contribution in [0.25, 0.3) is 6.08 Å². The van der Waals surface area contributed by atoms with Crippen molar-refractivity contribution in [1.82, 2.24) is 4.90 Å². The Kier molecular flexibility index (Phi) is 8.06. The van der Waals surface area contributed by atoms with Crippen molar-refractivity contribution in [1.29, 1.82) is 0 Å². The van der Waals surface area contributed by atoms with Gasteiger partial charge in [-0.15, -0.1) is 0 Å².